The molecule has 142 valence electrons. The quantitative estimate of drug-likeness (QED) is 0.896. The summed E-state index contributed by atoms with van der Waals surface area (Å²) in [4.78, 5) is 22.3. The van der Waals surface area contributed by atoms with Crippen molar-refractivity contribution >= 4 is 11.7 Å². The highest BCUT2D eigenvalue weighted by molar-refractivity contribution is 5.86. The van der Waals surface area contributed by atoms with Crippen LogP contribution in [-0.2, 0) is 4.79 Å². The molecule has 1 unspecified atom stereocenters. The molecule has 1 atom stereocenters. The summed E-state index contributed by atoms with van der Waals surface area (Å²) in [6, 6.07) is 6.12. The van der Waals surface area contributed by atoms with Crippen LogP contribution in [0.15, 0.2) is 18.2 Å². The average Bonchev–Trinajstić information content (AvgIpc) is 2.98. The number of methoxy groups -OCH3 is 1. The molecule has 1 aromatic rings. The van der Waals surface area contributed by atoms with E-state index in [2.05, 4.69) is 14.8 Å². The minimum absolute atomic E-state index is 0.178. The maximum absolute atomic E-state index is 13.4. The standard InChI is InChI=1S/C20H29N3O3/c1-26-18-5-2-4-17(21-18)22-12-3-10-20(14-22)11-13-23(19(20)25)15-6-8-16(24)9-7-15/h2,4-5,15-16,24H,3,6-14H2,1H3/t15-,16-,20?. The number of piperidine rings is 1. The molecule has 6 heteroatoms. The Morgan fingerprint density at radius 3 is 2.77 bits per heavy atom. The molecule has 1 amide bonds. The summed E-state index contributed by atoms with van der Waals surface area (Å²) in [5, 5.41) is 9.75. The Morgan fingerprint density at radius 1 is 1.19 bits per heavy atom. The Bertz CT molecular complexity index is 659. The molecule has 0 radical (unpaired) electrons. The predicted molar refractivity (Wildman–Crippen MR) is 99.3 cm³/mol. The first kappa shape index (κ1) is 17.6. The third kappa shape index (κ3) is 3.15. The van der Waals surface area contributed by atoms with Gasteiger partial charge in [0.2, 0.25) is 11.8 Å². The van der Waals surface area contributed by atoms with Crippen molar-refractivity contribution in [1.82, 2.24) is 9.88 Å². The van der Waals surface area contributed by atoms with Crippen LogP contribution in [0.5, 0.6) is 5.88 Å². The maximum Gasteiger partial charge on any atom is 0.230 e. The molecule has 0 bridgehead atoms. The molecule has 26 heavy (non-hydrogen) atoms. The van der Waals surface area contributed by atoms with Crippen LogP contribution >= 0.6 is 0 Å². The van der Waals surface area contributed by atoms with E-state index in [1.807, 2.05) is 18.2 Å². The number of ether oxygens (including phenoxy) is 1. The highest BCUT2D eigenvalue weighted by atomic mass is 16.5. The largest absolute Gasteiger partial charge is 0.481 e. The van der Waals surface area contributed by atoms with Gasteiger partial charge in [0.25, 0.3) is 0 Å². The second kappa shape index (κ2) is 7.06. The van der Waals surface area contributed by atoms with Gasteiger partial charge in [0.1, 0.15) is 5.82 Å². The van der Waals surface area contributed by atoms with E-state index in [1.165, 1.54) is 0 Å². The van der Waals surface area contributed by atoms with Crippen molar-refractivity contribution in [3.8, 4) is 5.88 Å². The third-order valence-electron chi connectivity index (χ3n) is 6.47. The van der Waals surface area contributed by atoms with Gasteiger partial charge >= 0.3 is 0 Å². The van der Waals surface area contributed by atoms with Crippen molar-refractivity contribution in [2.45, 2.75) is 57.1 Å². The first-order chi connectivity index (χ1) is 12.6. The number of anilines is 1. The summed E-state index contributed by atoms with van der Waals surface area (Å²) >= 11 is 0. The highest BCUT2D eigenvalue weighted by Gasteiger charge is 2.50. The zero-order chi connectivity index (χ0) is 18.1. The SMILES string of the molecule is COc1cccc(N2CCCC3(CCN([C@H]4CC[C@H](O)CC4)C3=O)C2)n1. The topological polar surface area (TPSA) is 65.9 Å². The fraction of sp³-hybridized carbons (Fsp3) is 0.700. The lowest BCUT2D eigenvalue weighted by Crippen LogP contribution is -2.50. The van der Waals surface area contributed by atoms with Crippen LogP contribution in [0.2, 0.25) is 0 Å². The van der Waals surface area contributed by atoms with Crippen LogP contribution in [0.3, 0.4) is 0 Å². The van der Waals surface area contributed by atoms with Gasteiger partial charge in [-0.2, -0.15) is 4.98 Å². The summed E-state index contributed by atoms with van der Waals surface area (Å²) in [6.07, 6.45) is 6.25. The molecule has 4 rings (SSSR count). The number of hydrogen-bond acceptors (Lipinski definition) is 5. The molecular formula is C20H29N3O3. The Morgan fingerprint density at radius 2 is 2.00 bits per heavy atom. The molecule has 1 spiro atoms. The second-order valence-corrected chi connectivity index (χ2v) is 8.05. The van der Waals surface area contributed by atoms with E-state index in [-0.39, 0.29) is 11.5 Å². The van der Waals surface area contributed by atoms with E-state index in [1.54, 1.807) is 7.11 Å². The smallest absolute Gasteiger partial charge is 0.230 e. The number of carbonyl (C=O) groups excluding carboxylic acids is 1. The Kier molecular flexibility index (Phi) is 4.78. The zero-order valence-corrected chi connectivity index (χ0v) is 15.6. The maximum atomic E-state index is 13.4. The highest BCUT2D eigenvalue weighted by Crippen LogP contribution is 2.43. The van der Waals surface area contributed by atoms with Gasteiger partial charge in [0.15, 0.2) is 0 Å². The molecule has 1 aliphatic carbocycles. The lowest BCUT2D eigenvalue weighted by Gasteiger charge is -2.41. The van der Waals surface area contributed by atoms with Crippen LogP contribution < -0.4 is 9.64 Å². The molecule has 1 saturated carbocycles. The number of aliphatic hydroxyl groups is 1. The molecule has 3 aliphatic rings. The van der Waals surface area contributed by atoms with E-state index in [0.717, 1.165) is 70.4 Å². The van der Waals surface area contributed by atoms with Crippen molar-refractivity contribution in [2.75, 3.05) is 31.6 Å². The number of hydrogen-bond donors (Lipinski definition) is 1. The monoisotopic (exact) mass is 359 g/mol. The summed E-state index contributed by atoms with van der Waals surface area (Å²) in [5.41, 5.74) is -0.265. The first-order valence-electron chi connectivity index (χ1n) is 9.86. The van der Waals surface area contributed by atoms with Crippen LogP contribution in [0, 0.1) is 5.41 Å². The molecule has 2 saturated heterocycles. The van der Waals surface area contributed by atoms with Crippen molar-refractivity contribution < 1.29 is 14.6 Å². The number of aromatic nitrogens is 1. The first-order valence-corrected chi connectivity index (χ1v) is 9.86. The minimum atomic E-state index is -0.265. The normalized spacial score (nSPS) is 32.3. The van der Waals surface area contributed by atoms with Gasteiger partial charge in [0, 0.05) is 31.7 Å². The van der Waals surface area contributed by atoms with Gasteiger partial charge in [-0.05, 0) is 51.0 Å². The number of likely N-dealkylation sites (tertiary alicyclic amines) is 1. The van der Waals surface area contributed by atoms with E-state index < -0.39 is 0 Å². The fourth-order valence-corrected chi connectivity index (χ4v) is 4.97. The fourth-order valence-electron chi connectivity index (χ4n) is 4.97. The Balaban J connectivity index is 1.48. The van der Waals surface area contributed by atoms with Gasteiger partial charge in [-0.25, -0.2) is 0 Å². The molecule has 1 N–H and O–H groups in total. The van der Waals surface area contributed by atoms with Crippen molar-refractivity contribution in [3.63, 3.8) is 0 Å². The predicted octanol–water partition coefficient (Wildman–Crippen LogP) is 2.21. The number of nitrogens with zero attached hydrogens (tertiary/aromatic N) is 3. The second-order valence-electron chi connectivity index (χ2n) is 8.05. The molecule has 3 heterocycles. The molecule has 2 aliphatic heterocycles. The van der Waals surface area contributed by atoms with E-state index >= 15 is 0 Å². The third-order valence-corrected chi connectivity index (χ3v) is 6.47. The molecule has 6 nitrogen and oxygen atoms in total. The van der Waals surface area contributed by atoms with Gasteiger partial charge in [-0.1, -0.05) is 6.07 Å². The van der Waals surface area contributed by atoms with Gasteiger partial charge in [-0.3, -0.25) is 4.79 Å². The average molecular weight is 359 g/mol. The van der Waals surface area contributed by atoms with E-state index in [0.29, 0.717) is 17.8 Å². The number of rotatable bonds is 3. The van der Waals surface area contributed by atoms with Crippen molar-refractivity contribution in [1.29, 1.82) is 0 Å². The molecule has 1 aromatic heterocycles. The summed E-state index contributed by atoms with van der Waals surface area (Å²) in [5.74, 6) is 1.84. The molecular weight excluding hydrogens is 330 g/mol. The van der Waals surface area contributed by atoms with Gasteiger partial charge in [0.05, 0.1) is 18.6 Å². The lowest BCUT2D eigenvalue weighted by atomic mass is 9.78. The number of amides is 1. The summed E-state index contributed by atoms with van der Waals surface area (Å²) in [7, 11) is 1.63. The molecule has 0 aromatic carbocycles. The van der Waals surface area contributed by atoms with Crippen molar-refractivity contribution in [3.05, 3.63) is 18.2 Å². The van der Waals surface area contributed by atoms with E-state index in [9.17, 15) is 9.90 Å². The van der Waals surface area contributed by atoms with Crippen LogP contribution in [0.25, 0.3) is 0 Å². The van der Waals surface area contributed by atoms with Crippen LogP contribution in [0.1, 0.15) is 44.9 Å². The lowest BCUT2D eigenvalue weighted by molar-refractivity contribution is -0.139. The number of carbonyl (C=O) groups is 1. The minimum Gasteiger partial charge on any atom is -0.481 e. The van der Waals surface area contributed by atoms with Crippen LogP contribution in [0.4, 0.5) is 5.82 Å². The Hall–Kier alpha value is -1.82. The van der Waals surface area contributed by atoms with Gasteiger partial charge in [-0.15, -0.1) is 0 Å². The molecule has 3 fully saturated rings. The summed E-state index contributed by atoms with van der Waals surface area (Å²) < 4.78 is 5.26. The van der Waals surface area contributed by atoms with Crippen LogP contribution in [-0.4, -0.2) is 59.8 Å². The Labute approximate surface area is 155 Å². The van der Waals surface area contributed by atoms with E-state index in [4.69, 9.17) is 4.74 Å². The number of pyridine rings is 1. The van der Waals surface area contributed by atoms with Crippen molar-refractivity contribution in [2.24, 2.45) is 5.41 Å². The number of aliphatic hydroxyl groups excluding tert-OH is 1. The van der Waals surface area contributed by atoms with Gasteiger partial charge < -0.3 is 19.6 Å². The summed E-state index contributed by atoms with van der Waals surface area (Å²) in [6.45, 7) is 2.54. The zero-order valence-electron chi connectivity index (χ0n) is 15.6.